The monoisotopic (exact) mass is 396 g/mol. The van der Waals surface area contributed by atoms with Crippen LogP contribution in [0, 0.1) is 5.82 Å². The first-order valence-corrected chi connectivity index (χ1v) is 8.93. The largest absolute Gasteiger partial charge is 0.494 e. The Balaban J connectivity index is 1.73. The Morgan fingerprint density at radius 1 is 1.31 bits per heavy atom. The van der Waals surface area contributed by atoms with Crippen LogP contribution in [0.3, 0.4) is 0 Å². The van der Waals surface area contributed by atoms with Crippen LogP contribution in [0.2, 0.25) is 10.0 Å². The van der Waals surface area contributed by atoms with Gasteiger partial charge in [-0.2, -0.15) is 0 Å². The number of hydrogen-bond donors (Lipinski definition) is 1. The molecule has 1 aliphatic rings. The Morgan fingerprint density at radius 3 is 2.69 bits per heavy atom. The summed E-state index contributed by atoms with van der Waals surface area (Å²) in [5.74, 6) is -0.357. The number of hydrogen-bond acceptors (Lipinski definition) is 3. The second-order valence-corrected chi connectivity index (χ2v) is 7.28. The van der Waals surface area contributed by atoms with Crippen molar-refractivity contribution >= 4 is 34.8 Å². The Kier molecular flexibility index (Phi) is 5.42. The first-order valence-electron chi connectivity index (χ1n) is 8.18. The van der Waals surface area contributed by atoms with Crippen LogP contribution in [0.15, 0.2) is 36.4 Å². The highest BCUT2D eigenvalue weighted by molar-refractivity contribution is 6.42. The zero-order valence-electron chi connectivity index (χ0n) is 14.5. The highest BCUT2D eigenvalue weighted by Crippen LogP contribution is 2.35. The molecule has 1 N–H and O–H groups in total. The molecule has 0 spiro atoms. The molecule has 1 aliphatic heterocycles. The quantitative estimate of drug-likeness (QED) is 0.792. The summed E-state index contributed by atoms with van der Waals surface area (Å²) in [5, 5.41) is 3.66. The lowest BCUT2D eigenvalue weighted by Crippen LogP contribution is -2.63. The van der Waals surface area contributed by atoms with E-state index in [1.54, 1.807) is 36.4 Å². The Hall–Kier alpha value is -1.82. The predicted molar refractivity (Wildman–Crippen MR) is 101 cm³/mol. The van der Waals surface area contributed by atoms with Crippen LogP contribution in [-0.2, 0) is 11.3 Å². The average molecular weight is 397 g/mol. The zero-order chi connectivity index (χ0) is 18.9. The Bertz CT molecular complexity index is 846. The molecule has 1 amide bonds. The minimum absolute atomic E-state index is 0.162. The molecule has 1 saturated heterocycles. The van der Waals surface area contributed by atoms with E-state index in [0.717, 1.165) is 0 Å². The number of ether oxygens (including phenoxy) is 1. The first-order chi connectivity index (χ1) is 12.3. The van der Waals surface area contributed by atoms with Crippen molar-refractivity contribution in [3.8, 4) is 5.75 Å². The number of carbonyl (C=O) groups is 1. The van der Waals surface area contributed by atoms with Gasteiger partial charge in [0.15, 0.2) is 11.6 Å². The molecule has 1 fully saturated rings. The summed E-state index contributed by atoms with van der Waals surface area (Å²) in [6.45, 7) is 2.89. The first kappa shape index (κ1) is 19.0. The average Bonchev–Trinajstić information content (AvgIpc) is 2.62. The second-order valence-electron chi connectivity index (χ2n) is 6.46. The molecule has 0 saturated carbocycles. The highest BCUT2D eigenvalue weighted by Gasteiger charge is 2.46. The maximum atomic E-state index is 14.4. The topological polar surface area (TPSA) is 41.6 Å². The summed E-state index contributed by atoms with van der Waals surface area (Å²) in [7, 11) is 1.43. The fourth-order valence-electron chi connectivity index (χ4n) is 3.00. The van der Waals surface area contributed by atoms with E-state index >= 15 is 0 Å². The van der Waals surface area contributed by atoms with E-state index in [0.29, 0.717) is 40.8 Å². The molecule has 0 aliphatic carbocycles. The molecular formula is C19H19Cl2FN2O2. The smallest absolute Gasteiger partial charge is 0.244 e. The van der Waals surface area contributed by atoms with Gasteiger partial charge >= 0.3 is 0 Å². The van der Waals surface area contributed by atoms with Gasteiger partial charge in [0.25, 0.3) is 0 Å². The molecule has 3 rings (SSSR count). The van der Waals surface area contributed by atoms with Crippen LogP contribution in [-0.4, -0.2) is 30.0 Å². The van der Waals surface area contributed by atoms with E-state index in [2.05, 4.69) is 5.32 Å². The van der Waals surface area contributed by atoms with Gasteiger partial charge in [0.2, 0.25) is 5.91 Å². The number of methoxy groups -OCH3 is 1. The zero-order valence-corrected chi connectivity index (χ0v) is 16.0. The van der Waals surface area contributed by atoms with Gasteiger partial charge in [-0.3, -0.25) is 9.69 Å². The summed E-state index contributed by atoms with van der Waals surface area (Å²) in [4.78, 5) is 14.7. The summed E-state index contributed by atoms with van der Waals surface area (Å²) in [6, 6.07) is 9.95. The van der Waals surface area contributed by atoms with Gasteiger partial charge in [0, 0.05) is 24.3 Å². The number of rotatable bonds is 5. The van der Waals surface area contributed by atoms with Crippen molar-refractivity contribution in [2.45, 2.75) is 25.4 Å². The van der Waals surface area contributed by atoms with Gasteiger partial charge in [-0.25, -0.2) is 4.39 Å². The van der Waals surface area contributed by atoms with E-state index in [-0.39, 0.29) is 11.7 Å². The number of benzene rings is 2. The van der Waals surface area contributed by atoms with E-state index in [1.807, 2.05) is 11.8 Å². The summed E-state index contributed by atoms with van der Waals surface area (Å²) in [5.41, 5.74) is 0.351. The minimum atomic E-state index is -0.721. The van der Waals surface area contributed by atoms with Crippen molar-refractivity contribution in [1.29, 1.82) is 0 Å². The normalized spacial score (nSPS) is 19.7. The van der Waals surface area contributed by atoms with Crippen molar-refractivity contribution in [2.24, 2.45) is 0 Å². The van der Waals surface area contributed by atoms with Gasteiger partial charge in [0.05, 0.1) is 22.7 Å². The molecule has 1 heterocycles. The third-order valence-electron chi connectivity index (χ3n) is 4.86. The van der Waals surface area contributed by atoms with Crippen molar-refractivity contribution in [3.63, 3.8) is 0 Å². The molecule has 0 radical (unpaired) electrons. The van der Waals surface area contributed by atoms with Crippen LogP contribution in [0.5, 0.6) is 5.75 Å². The molecule has 0 aromatic heterocycles. The van der Waals surface area contributed by atoms with E-state index < -0.39 is 11.4 Å². The van der Waals surface area contributed by atoms with Crippen LogP contribution in [0.1, 0.15) is 18.9 Å². The molecule has 1 atom stereocenters. The Labute approximate surface area is 161 Å². The lowest BCUT2D eigenvalue weighted by Gasteiger charge is -2.49. The third-order valence-corrected chi connectivity index (χ3v) is 5.60. The summed E-state index contributed by atoms with van der Waals surface area (Å²) in [6.07, 6.45) is 0.686. The van der Waals surface area contributed by atoms with Crippen LogP contribution in [0.4, 0.5) is 10.1 Å². The van der Waals surface area contributed by atoms with Gasteiger partial charge in [-0.05, 0) is 37.6 Å². The number of carbonyl (C=O) groups excluding carboxylic acids is 1. The van der Waals surface area contributed by atoms with Crippen molar-refractivity contribution < 1.29 is 13.9 Å². The van der Waals surface area contributed by atoms with Gasteiger partial charge in [-0.1, -0.05) is 35.3 Å². The van der Waals surface area contributed by atoms with Gasteiger partial charge in [0.1, 0.15) is 0 Å². The summed E-state index contributed by atoms with van der Waals surface area (Å²) >= 11 is 11.9. The highest BCUT2D eigenvalue weighted by atomic mass is 35.5. The number of halogens is 3. The van der Waals surface area contributed by atoms with Crippen molar-refractivity contribution in [3.05, 3.63) is 57.8 Å². The molecular weight excluding hydrogens is 378 g/mol. The van der Waals surface area contributed by atoms with E-state index in [9.17, 15) is 9.18 Å². The Morgan fingerprint density at radius 2 is 2.08 bits per heavy atom. The van der Waals surface area contributed by atoms with Crippen molar-refractivity contribution in [1.82, 2.24) is 4.90 Å². The standard InChI is InChI=1S/C19H19Cl2FN2O2/c1-19(18(25)23-13-6-7-14(20)15(21)10-13)8-9-24(19)11-12-4-3-5-16(26-2)17(12)22/h3-7,10H,8-9,11H2,1-2H3,(H,23,25). The number of nitrogens with zero attached hydrogens (tertiary/aromatic N) is 1. The number of nitrogens with one attached hydrogen (secondary N) is 1. The number of likely N-dealkylation sites (tertiary alicyclic amines) is 1. The van der Waals surface area contributed by atoms with E-state index in [1.165, 1.54) is 7.11 Å². The number of amides is 1. The predicted octanol–water partition coefficient (Wildman–Crippen LogP) is 4.74. The van der Waals surface area contributed by atoms with Crippen LogP contribution >= 0.6 is 23.2 Å². The fourth-order valence-corrected chi connectivity index (χ4v) is 3.30. The molecule has 2 aromatic rings. The van der Waals surface area contributed by atoms with Crippen LogP contribution in [0.25, 0.3) is 0 Å². The molecule has 0 bridgehead atoms. The van der Waals surface area contributed by atoms with Gasteiger partial charge in [-0.15, -0.1) is 0 Å². The van der Waals surface area contributed by atoms with Crippen LogP contribution < -0.4 is 10.1 Å². The lowest BCUT2D eigenvalue weighted by atomic mass is 9.85. The number of anilines is 1. The maximum Gasteiger partial charge on any atom is 0.244 e. The van der Waals surface area contributed by atoms with Crippen molar-refractivity contribution in [2.75, 3.05) is 19.0 Å². The molecule has 7 heteroatoms. The molecule has 138 valence electrons. The lowest BCUT2D eigenvalue weighted by molar-refractivity contribution is -0.136. The summed E-state index contributed by atoms with van der Waals surface area (Å²) < 4.78 is 19.4. The molecule has 4 nitrogen and oxygen atoms in total. The van der Waals surface area contributed by atoms with E-state index in [4.69, 9.17) is 27.9 Å². The minimum Gasteiger partial charge on any atom is -0.494 e. The fraction of sp³-hybridized carbons (Fsp3) is 0.316. The third kappa shape index (κ3) is 3.52. The molecule has 26 heavy (non-hydrogen) atoms. The molecule has 1 unspecified atom stereocenters. The maximum absolute atomic E-state index is 14.4. The molecule has 2 aromatic carbocycles. The SMILES string of the molecule is COc1cccc(CN2CCC2(C)C(=O)Nc2ccc(Cl)c(Cl)c2)c1F. The second kappa shape index (κ2) is 7.43. The van der Waals surface area contributed by atoms with Gasteiger partial charge < -0.3 is 10.1 Å².